The van der Waals surface area contributed by atoms with Crippen molar-refractivity contribution in [3.63, 3.8) is 0 Å². The van der Waals surface area contributed by atoms with Crippen molar-refractivity contribution in [1.29, 1.82) is 0 Å². The van der Waals surface area contributed by atoms with E-state index in [-0.39, 0.29) is 0 Å². The van der Waals surface area contributed by atoms with Gasteiger partial charge in [-0.15, -0.1) is 0 Å². The molecule has 0 amide bonds. The molecule has 3 nitrogen and oxygen atoms in total. The molecule has 1 aliphatic rings. The van der Waals surface area contributed by atoms with Gasteiger partial charge in [0.2, 0.25) is 0 Å². The van der Waals surface area contributed by atoms with Crippen molar-refractivity contribution in [2.45, 2.75) is 25.3 Å². The highest BCUT2D eigenvalue weighted by atomic mass is 16.3. The Morgan fingerprint density at radius 1 is 1.36 bits per heavy atom. The van der Waals surface area contributed by atoms with E-state index in [9.17, 15) is 0 Å². The number of hydrogen-bond donors (Lipinski definition) is 2. The van der Waals surface area contributed by atoms with Gasteiger partial charge in [0.25, 0.3) is 0 Å². The zero-order valence-electron chi connectivity index (χ0n) is 7.00. The molecule has 1 fully saturated rings. The van der Waals surface area contributed by atoms with Crippen LogP contribution in [0.5, 0.6) is 0 Å². The lowest BCUT2D eigenvalue weighted by Crippen LogP contribution is -2.32. The summed E-state index contributed by atoms with van der Waals surface area (Å²) in [5.41, 5.74) is 5.46. The third-order valence-electron chi connectivity index (χ3n) is 2.08. The van der Waals surface area contributed by atoms with E-state index in [0.717, 1.165) is 32.1 Å². The first-order valence-corrected chi connectivity index (χ1v) is 4.43. The van der Waals surface area contributed by atoms with Crippen molar-refractivity contribution in [2.24, 2.45) is 5.73 Å². The molecular formula is C8H18N2O. The standard InChI is InChI=1S/C8H18N2O/c9-4-6-10(5-1-7-11)8-2-3-8/h8,11H,1-7,9H2. The minimum absolute atomic E-state index is 0.299. The van der Waals surface area contributed by atoms with E-state index < -0.39 is 0 Å². The Hall–Kier alpha value is -0.120. The van der Waals surface area contributed by atoms with Crippen LogP contribution >= 0.6 is 0 Å². The molecule has 0 aliphatic heterocycles. The van der Waals surface area contributed by atoms with Gasteiger partial charge < -0.3 is 10.8 Å². The molecule has 0 aromatic carbocycles. The largest absolute Gasteiger partial charge is 0.396 e. The molecule has 0 unspecified atom stereocenters. The summed E-state index contributed by atoms with van der Waals surface area (Å²) in [5, 5.41) is 8.63. The Kier molecular flexibility index (Phi) is 3.83. The Labute approximate surface area is 68.2 Å². The highest BCUT2D eigenvalue weighted by Gasteiger charge is 2.27. The Morgan fingerprint density at radius 2 is 2.09 bits per heavy atom. The van der Waals surface area contributed by atoms with Gasteiger partial charge in [-0.2, -0.15) is 0 Å². The van der Waals surface area contributed by atoms with Crippen LogP contribution in [0.1, 0.15) is 19.3 Å². The molecule has 0 radical (unpaired) electrons. The molecule has 3 N–H and O–H groups in total. The summed E-state index contributed by atoms with van der Waals surface area (Å²) in [6.45, 7) is 3.04. The lowest BCUT2D eigenvalue weighted by atomic mass is 10.3. The normalized spacial score (nSPS) is 17.7. The molecule has 0 saturated heterocycles. The first-order valence-electron chi connectivity index (χ1n) is 4.43. The SMILES string of the molecule is NCCN(CCCO)C1CC1. The summed E-state index contributed by atoms with van der Waals surface area (Å²) < 4.78 is 0. The molecule has 1 saturated carbocycles. The van der Waals surface area contributed by atoms with Crippen LogP contribution < -0.4 is 5.73 Å². The molecule has 0 spiro atoms. The molecule has 0 heterocycles. The van der Waals surface area contributed by atoms with Crippen molar-refractivity contribution < 1.29 is 5.11 Å². The zero-order chi connectivity index (χ0) is 8.10. The van der Waals surface area contributed by atoms with Gasteiger partial charge in [0.1, 0.15) is 0 Å². The van der Waals surface area contributed by atoms with Crippen LogP contribution in [0.3, 0.4) is 0 Å². The van der Waals surface area contributed by atoms with Gasteiger partial charge in [0, 0.05) is 32.3 Å². The molecule has 0 aromatic heterocycles. The topological polar surface area (TPSA) is 49.5 Å². The maximum absolute atomic E-state index is 8.63. The molecule has 66 valence electrons. The number of hydrogen-bond acceptors (Lipinski definition) is 3. The van der Waals surface area contributed by atoms with E-state index in [0.29, 0.717) is 6.61 Å². The van der Waals surface area contributed by atoms with Crippen LogP contribution in [0.4, 0.5) is 0 Å². The minimum Gasteiger partial charge on any atom is -0.396 e. The van der Waals surface area contributed by atoms with E-state index in [4.69, 9.17) is 10.8 Å². The van der Waals surface area contributed by atoms with Crippen molar-refractivity contribution in [2.75, 3.05) is 26.2 Å². The predicted molar refractivity (Wildman–Crippen MR) is 45.4 cm³/mol. The van der Waals surface area contributed by atoms with Gasteiger partial charge in [0.05, 0.1) is 0 Å². The summed E-state index contributed by atoms with van der Waals surface area (Å²) in [6.07, 6.45) is 3.54. The Balaban J connectivity index is 2.10. The number of nitrogens with zero attached hydrogens (tertiary/aromatic N) is 1. The van der Waals surface area contributed by atoms with Gasteiger partial charge >= 0.3 is 0 Å². The quantitative estimate of drug-likeness (QED) is 0.562. The Morgan fingerprint density at radius 3 is 2.55 bits per heavy atom. The third-order valence-corrected chi connectivity index (χ3v) is 2.08. The second-order valence-corrected chi connectivity index (χ2v) is 3.13. The zero-order valence-corrected chi connectivity index (χ0v) is 7.00. The molecule has 0 aromatic rings. The average Bonchev–Trinajstić information content (AvgIpc) is 2.80. The maximum atomic E-state index is 8.63. The molecule has 11 heavy (non-hydrogen) atoms. The fraction of sp³-hybridized carbons (Fsp3) is 1.00. The fourth-order valence-corrected chi connectivity index (χ4v) is 1.36. The van der Waals surface area contributed by atoms with Crippen LogP contribution in [0.25, 0.3) is 0 Å². The predicted octanol–water partition coefficient (Wildman–Crippen LogP) is -0.208. The summed E-state index contributed by atoms with van der Waals surface area (Å²) in [7, 11) is 0. The van der Waals surface area contributed by atoms with E-state index in [1.54, 1.807) is 0 Å². The second-order valence-electron chi connectivity index (χ2n) is 3.13. The molecule has 0 atom stereocenters. The van der Waals surface area contributed by atoms with Crippen molar-refractivity contribution in [3.8, 4) is 0 Å². The average molecular weight is 158 g/mol. The summed E-state index contributed by atoms with van der Waals surface area (Å²) in [4.78, 5) is 2.39. The van der Waals surface area contributed by atoms with Crippen LogP contribution in [-0.4, -0.2) is 42.3 Å². The van der Waals surface area contributed by atoms with E-state index >= 15 is 0 Å². The molecule has 0 bridgehead atoms. The van der Waals surface area contributed by atoms with Crippen LogP contribution in [0.15, 0.2) is 0 Å². The van der Waals surface area contributed by atoms with Crippen molar-refractivity contribution >= 4 is 0 Å². The van der Waals surface area contributed by atoms with E-state index in [1.165, 1.54) is 12.8 Å². The highest BCUT2D eigenvalue weighted by molar-refractivity contribution is 4.84. The lowest BCUT2D eigenvalue weighted by molar-refractivity contribution is 0.221. The number of rotatable bonds is 6. The monoisotopic (exact) mass is 158 g/mol. The fourth-order valence-electron chi connectivity index (χ4n) is 1.36. The van der Waals surface area contributed by atoms with Crippen molar-refractivity contribution in [3.05, 3.63) is 0 Å². The number of aliphatic hydroxyl groups excluding tert-OH is 1. The molecule has 1 rings (SSSR count). The van der Waals surface area contributed by atoms with E-state index in [2.05, 4.69) is 4.90 Å². The maximum Gasteiger partial charge on any atom is 0.0443 e. The smallest absolute Gasteiger partial charge is 0.0443 e. The Bertz CT molecular complexity index is 104. The third kappa shape index (κ3) is 3.18. The highest BCUT2D eigenvalue weighted by Crippen LogP contribution is 2.26. The minimum atomic E-state index is 0.299. The second kappa shape index (κ2) is 4.70. The van der Waals surface area contributed by atoms with Crippen LogP contribution in [0, 0.1) is 0 Å². The van der Waals surface area contributed by atoms with Crippen molar-refractivity contribution in [1.82, 2.24) is 4.90 Å². The molecule has 3 heteroatoms. The summed E-state index contributed by atoms with van der Waals surface area (Å²) >= 11 is 0. The first kappa shape index (κ1) is 8.97. The number of nitrogens with two attached hydrogens (primary N) is 1. The van der Waals surface area contributed by atoms with Gasteiger partial charge in [-0.05, 0) is 19.3 Å². The van der Waals surface area contributed by atoms with Gasteiger partial charge in [-0.25, -0.2) is 0 Å². The van der Waals surface area contributed by atoms with Crippen LogP contribution in [0.2, 0.25) is 0 Å². The lowest BCUT2D eigenvalue weighted by Gasteiger charge is -2.19. The molecular weight excluding hydrogens is 140 g/mol. The summed E-state index contributed by atoms with van der Waals surface area (Å²) in [5.74, 6) is 0. The van der Waals surface area contributed by atoms with Gasteiger partial charge in [-0.3, -0.25) is 4.90 Å². The van der Waals surface area contributed by atoms with E-state index in [1.807, 2.05) is 0 Å². The summed E-state index contributed by atoms with van der Waals surface area (Å²) in [6, 6.07) is 0.782. The van der Waals surface area contributed by atoms with Gasteiger partial charge in [0.15, 0.2) is 0 Å². The van der Waals surface area contributed by atoms with Gasteiger partial charge in [-0.1, -0.05) is 0 Å². The van der Waals surface area contributed by atoms with Crippen LogP contribution in [-0.2, 0) is 0 Å². The first-order chi connectivity index (χ1) is 5.38. The molecule has 1 aliphatic carbocycles. The number of aliphatic hydroxyl groups is 1.